The molecule has 1 saturated carbocycles. The lowest BCUT2D eigenvalue weighted by Gasteiger charge is -2.35. The van der Waals surface area contributed by atoms with Crippen LogP contribution in [0.1, 0.15) is 26.2 Å². The number of anilines is 1. The molecular formula is C15H20BrFN2O2. The number of nitrogens with one attached hydrogen (secondary N) is 1. The van der Waals surface area contributed by atoms with Crippen molar-refractivity contribution in [1.82, 2.24) is 4.90 Å². The van der Waals surface area contributed by atoms with E-state index in [0.29, 0.717) is 16.9 Å². The molecule has 1 aliphatic carbocycles. The highest BCUT2D eigenvalue weighted by molar-refractivity contribution is 9.10. The maximum Gasteiger partial charge on any atom is 0.322 e. The summed E-state index contributed by atoms with van der Waals surface area (Å²) < 4.78 is 14.4. The van der Waals surface area contributed by atoms with Crippen molar-refractivity contribution in [3.8, 4) is 0 Å². The predicted octanol–water partition coefficient (Wildman–Crippen LogP) is 3.60. The van der Waals surface area contributed by atoms with Gasteiger partial charge in [0.25, 0.3) is 0 Å². The third-order valence-corrected chi connectivity index (χ3v) is 4.40. The van der Waals surface area contributed by atoms with E-state index in [1.165, 1.54) is 18.6 Å². The smallest absolute Gasteiger partial charge is 0.322 e. The van der Waals surface area contributed by atoms with Crippen molar-refractivity contribution in [2.75, 3.05) is 18.5 Å². The number of urea groups is 1. The number of hydrogen-bond donors (Lipinski definition) is 2. The summed E-state index contributed by atoms with van der Waals surface area (Å²) in [4.78, 5) is 13.9. The number of benzene rings is 1. The van der Waals surface area contributed by atoms with Crippen molar-refractivity contribution >= 4 is 27.6 Å². The Balaban J connectivity index is 2.06. The quantitative estimate of drug-likeness (QED) is 0.844. The molecule has 21 heavy (non-hydrogen) atoms. The predicted molar refractivity (Wildman–Crippen MR) is 83.7 cm³/mol. The Morgan fingerprint density at radius 3 is 2.81 bits per heavy atom. The van der Waals surface area contributed by atoms with E-state index >= 15 is 0 Å². The Hall–Kier alpha value is -1.14. The number of rotatable bonds is 5. The van der Waals surface area contributed by atoms with Gasteiger partial charge in [-0.15, -0.1) is 0 Å². The van der Waals surface area contributed by atoms with Gasteiger partial charge in [-0.1, -0.05) is 22.4 Å². The molecule has 1 aliphatic rings. The van der Waals surface area contributed by atoms with Gasteiger partial charge >= 0.3 is 6.03 Å². The maximum atomic E-state index is 13.8. The molecule has 2 N–H and O–H groups in total. The average molecular weight is 359 g/mol. The number of nitrogens with zero attached hydrogens (tertiary/aromatic N) is 1. The summed E-state index contributed by atoms with van der Waals surface area (Å²) in [6.45, 7) is 2.28. The van der Waals surface area contributed by atoms with Crippen LogP contribution in [-0.2, 0) is 0 Å². The molecule has 1 atom stereocenters. The molecule has 116 valence electrons. The van der Waals surface area contributed by atoms with E-state index in [4.69, 9.17) is 0 Å². The van der Waals surface area contributed by atoms with E-state index in [0.717, 1.165) is 12.8 Å². The largest absolute Gasteiger partial charge is 0.394 e. The molecule has 4 nitrogen and oxygen atoms in total. The third kappa shape index (κ3) is 4.17. The molecular weight excluding hydrogens is 339 g/mol. The molecule has 0 saturated heterocycles. The highest BCUT2D eigenvalue weighted by Gasteiger charge is 2.27. The number of carbonyl (C=O) groups excluding carboxylic acids is 1. The van der Waals surface area contributed by atoms with Crippen LogP contribution in [0.2, 0.25) is 0 Å². The van der Waals surface area contributed by atoms with E-state index in [1.54, 1.807) is 17.9 Å². The summed E-state index contributed by atoms with van der Waals surface area (Å²) in [5.74, 6) is -0.00233. The molecule has 6 heteroatoms. The van der Waals surface area contributed by atoms with Gasteiger partial charge in [-0.2, -0.15) is 0 Å². The number of aliphatic hydroxyl groups is 1. The van der Waals surface area contributed by atoms with Crippen molar-refractivity contribution in [3.05, 3.63) is 28.5 Å². The van der Waals surface area contributed by atoms with Crippen molar-refractivity contribution < 1.29 is 14.3 Å². The number of hydrogen-bond acceptors (Lipinski definition) is 2. The Morgan fingerprint density at radius 2 is 2.29 bits per heavy atom. The molecule has 0 aromatic heterocycles. The van der Waals surface area contributed by atoms with Crippen LogP contribution < -0.4 is 5.32 Å². The molecule has 1 aromatic carbocycles. The zero-order valence-corrected chi connectivity index (χ0v) is 13.6. The minimum Gasteiger partial charge on any atom is -0.394 e. The first kappa shape index (κ1) is 16.2. The Kier molecular flexibility index (Phi) is 5.58. The van der Waals surface area contributed by atoms with Gasteiger partial charge in [-0.3, -0.25) is 0 Å². The van der Waals surface area contributed by atoms with E-state index in [2.05, 4.69) is 21.2 Å². The first-order chi connectivity index (χ1) is 10.0. The normalized spacial score (nSPS) is 16.2. The van der Waals surface area contributed by atoms with Crippen LogP contribution in [0.5, 0.6) is 0 Å². The second-order valence-electron chi connectivity index (χ2n) is 5.54. The maximum absolute atomic E-state index is 13.8. The second-order valence-corrected chi connectivity index (χ2v) is 6.45. The fourth-order valence-electron chi connectivity index (χ4n) is 2.29. The van der Waals surface area contributed by atoms with Gasteiger partial charge in [0, 0.05) is 11.0 Å². The van der Waals surface area contributed by atoms with Crippen LogP contribution in [0, 0.1) is 11.7 Å². The van der Waals surface area contributed by atoms with Crippen LogP contribution in [0.15, 0.2) is 22.7 Å². The standard InChI is InChI=1S/C15H20BrFN2O2/c1-10(9-20)19(8-11-3-2-4-11)15(21)18-14-6-5-12(16)7-13(14)17/h5-7,10-11,20H,2-4,8-9H2,1H3,(H,18,21)/t10-/m0/s1. The van der Waals surface area contributed by atoms with Crippen LogP contribution in [0.4, 0.5) is 14.9 Å². The van der Waals surface area contributed by atoms with Gasteiger partial charge in [0.1, 0.15) is 5.82 Å². The van der Waals surface area contributed by atoms with Gasteiger partial charge in [-0.05, 0) is 43.9 Å². The SMILES string of the molecule is C[C@@H](CO)N(CC1CCC1)C(=O)Nc1ccc(Br)cc1F. The van der Waals surface area contributed by atoms with Gasteiger partial charge in [0.2, 0.25) is 0 Å². The highest BCUT2D eigenvalue weighted by Crippen LogP contribution is 2.28. The van der Waals surface area contributed by atoms with Crippen LogP contribution >= 0.6 is 15.9 Å². The zero-order valence-electron chi connectivity index (χ0n) is 12.0. The van der Waals surface area contributed by atoms with E-state index < -0.39 is 5.82 Å². The van der Waals surface area contributed by atoms with Crippen molar-refractivity contribution in [2.24, 2.45) is 5.92 Å². The molecule has 0 bridgehead atoms. The summed E-state index contributed by atoms with van der Waals surface area (Å²) in [6.07, 6.45) is 3.40. The lowest BCUT2D eigenvalue weighted by atomic mass is 9.85. The second kappa shape index (κ2) is 7.22. The molecule has 0 heterocycles. The molecule has 0 unspecified atom stereocenters. The topological polar surface area (TPSA) is 52.6 Å². The average Bonchev–Trinajstić information content (AvgIpc) is 2.40. The van der Waals surface area contributed by atoms with E-state index in [-0.39, 0.29) is 24.4 Å². The highest BCUT2D eigenvalue weighted by atomic mass is 79.9. The van der Waals surface area contributed by atoms with Gasteiger partial charge < -0.3 is 15.3 Å². The Labute approximate surface area is 132 Å². The number of halogens is 2. The molecule has 1 aromatic rings. The van der Waals surface area contributed by atoms with Gasteiger partial charge in [0.15, 0.2) is 0 Å². The molecule has 0 spiro atoms. The van der Waals surface area contributed by atoms with Gasteiger partial charge in [0.05, 0.1) is 18.3 Å². The van der Waals surface area contributed by atoms with Crippen LogP contribution in [-0.4, -0.2) is 35.2 Å². The molecule has 1 fully saturated rings. The minimum atomic E-state index is -0.488. The minimum absolute atomic E-state index is 0.108. The van der Waals surface area contributed by atoms with E-state index in [1.807, 2.05) is 0 Å². The molecule has 2 rings (SSSR count). The van der Waals surface area contributed by atoms with Crippen molar-refractivity contribution in [3.63, 3.8) is 0 Å². The number of amides is 2. The Bertz CT molecular complexity index is 508. The number of aliphatic hydroxyl groups excluding tert-OH is 1. The fraction of sp³-hybridized carbons (Fsp3) is 0.533. The summed E-state index contributed by atoms with van der Waals surface area (Å²) in [5.41, 5.74) is 0.145. The zero-order chi connectivity index (χ0) is 15.4. The molecule has 0 aliphatic heterocycles. The molecule has 0 radical (unpaired) electrons. The summed E-state index contributed by atoms with van der Waals surface area (Å²) in [6, 6.07) is 3.84. The van der Waals surface area contributed by atoms with Crippen molar-refractivity contribution in [1.29, 1.82) is 0 Å². The third-order valence-electron chi connectivity index (χ3n) is 3.91. The van der Waals surface area contributed by atoms with Crippen molar-refractivity contribution in [2.45, 2.75) is 32.2 Å². The monoisotopic (exact) mass is 358 g/mol. The summed E-state index contributed by atoms with van der Waals surface area (Å²) in [7, 11) is 0. The fourth-order valence-corrected chi connectivity index (χ4v) is 2.63. The first-order valence-corrected chi connectivity index (χ1v) is 7.94. The lowest BCUT2D eigenvalue weighted by Crippen LogP contribution is -2.46. The molecule has 2 amide bonds. The first-order valence-electron chi connectivity index (χ1n) is 7.14. The summed E-state index contributed by atoms with van der Waals surface area (Å²) >= 11 is 3.18. The summed E-state index contributed by atoms with van der Waals surface area (Å²) in [5, 5.41) is 11.9. The van der Waals surface area contributed by atoms with Crippen LogP contribution in [0.3, 0.4) is 0 Å². The van der Waals surface area contributed by atoms with Crippen LogP contribution in [0.25, 0.3) is 0 Å². The van der Waals surface area contributed by atoms with E-state index in [9.17, 15) is 14.3 Å². The Morgan fingerprint density at radius 1 is 1.57 bits per heavy atom. The lowest BCUT2D eigenvalue weighted by molar-refractivity contribution is 0.121. The van der Waals surface area contributed by atoms with Gasteiger partial charge in [-0.25, -0.2) is 9.18 Å². The number of carbonyl (C=O) groups is 1.